The van der Waals surface area contributed by atoms with Crippen LogP contribution in [0.4, 0.5) is 0 Å². The molecular formula is C13H21N3O2. The zero-order chi connectivity index (χ0) is 12.9. The van der Waals surface area contributed by atoms with Crippen LogP contribution in [-0.2, 0) is 9.59 Å². The Hall–Kier alpha value is -0.940. The Bertz CT molecular complexity index is 370. The first-order valence-electron chi connectivity index (χ1n) is 6.84. The molecule has 3 aliphatic rings. The molecule has 18 heavy (non-hydrogen) atoms. The molecule has 0 saturated carbocycles. The first-order chi connectivity index (χ1) is 8.56. The van der Waals surface area contributed by atoms with Crippen LogP contribution in [0.15, 0.2) is 0 Å². The highest BCUT2D eigenvalue weighted by Crippen LogP contribution is 2.34. The summed E-state index contributed by atoms with van der Waals surface area (Å²) in [6, 6.07) is 1.43. The fraction of sp³-hybridized carbons (Fsp3) is 0.846. The summed E-state index contributed by atoms with van der Waals surface area (Å²) in [5, 5.41) is 3.41. The number of fused-ring (bicyclic) bond motifs is 2. The number of nitrogens with one attached hydrogen (secondary N) is 1. The van der Waals surface area contributed by atoms with E-state index in [2.05, 4.69) is 17.3 Å². The van der Waals surface area contributed by atoms with Crippen LogP contribution in [0.5, 0.6) is 0 Å². The smallest absolute Gasteiger partial charge is 0.246 e. The van der Waals surface area contributed by atoms with Crippen LogP contribution < -0.4 is 5.32 Å². The molecule has 3 fully saturated rings. The Balaban J connectivity index is 1.62. The van der Waals surface area contributed by atoms with Crippen molar-refractivity contribution in [2.45, 2.75) is 56.3 Å². The number of likely N-dealkylation sites (tertiary alicyclic amines) is 1. The van der Waals surface area contributed by atoms with Crippen molar-refractivity contribution < 1.29 is 9.59 Å². The lowest BCUT2D eigenvalue weighted by molar-refractivity contribution is -0.137. The van der Waals surface area contributed by atoms with E-state index >= 15 is 0 Å². The molecular weight excluding hydrogens is 230 g/mol. The van der Waals surface area contributed by atoms with Gasteiger partial charge in [-0.15, -0.1) is 0 Å². The van der Waals surface area contributed by atoms with Gasteiger partial charge in [-0.1, -0.05) is 0 Å². The van der Waals surface area contributed by atoms with Gasteiger partial charge in [0.2, 0.25) is 11.8 Å². The first-order valence-corrected chi connectivity index (χ1v) is 6.84. The Morgan fingerprint density at radius 2 is 1.72 bits per heavy atom. The number of carbonyl (C=O) groups excluding carboxylic acids is 2. The van der Waals surface area contributed by atoms with Crippen molar-refractivity contribution in [2.75, 3.05) is 14.1 Å². The number of carbonyl (C=O) groups is 2. The maximum absolute atomic E-state index is 11.9. The van der Waals surface area contributed by atoms with Gasteiger partial charge in [0.25, 0.3) is 0 Å². The molecule has 3 unspecified atom stereocenters. The highest BCUT2D eigenvalue weighted by Gasteiger charge is 2.42. The fourth-order valence-electron chi connectivity index (χ4n) is 3.72. The van der Waals surface area contributed by atoms with Gasteiger partial charge < -0.3 is 10.2 Å². The van der Waals surface area contributed by atoms with Crippen molar-refractivity contribution >= 4 is 11.8 Å². The van der Waals surface area contributed by atoms with Crippen molar-refractivity contribution in [2.24, 2.45) is 0 Å². The zero-order valence-corrected chi connectivity index (χ0v) is 11.1. The van der Waals surface area contributed by atoms with Gasteiger partial charge in [0, 0.05) is 25.2 Å². The van der Waals surface area contributed by atoms with Gasteiger partial charge in [0.05, 0.1) is 12.5 Å². The number of piperidine rings is 1. The number of imide groups is 1. The topological polar surface area (TPSA) is 52.7 Å². The molecule has 3 rings (SSSR count). The van der Waals surface area contributed by atoms with Gasteiger partial charge in [-0.3, -0.25) is 14.5 Å². The van der Waals surface area contributed by atoms with Crippen LogP contribution in [0.1, 0.15) is 32.1 Å². The molecule has 2 bridgehead atoms. The maximum atomic E-state index is 11.9. The van der Waals surface area contributed by atoms with Crippen molar-refractivity contribution in [1.29, 1.82) is 0 Å². The van der Waals surface area contributed by atoms with Crippen LogP contribution in [0, 0.1) is 0 Å². The second-order valence-corrected chi connectivity index (χ2v) is 5.93. The molecule has 0 aromatic heterocycles. The predicted octanol–water partition coefficient (Wildman–Crippen LogP) is -0.0415. The predicted molar refractivity (Wildman–Crippen MR) is 66.9 cm³/mol. The van der Waals surface area contributed by atoms with Gasteiger partial charge in [0.15, 0.2) is 0 Å². The average molecular weight is 251 g/mol. The lowest BCUT2D eigenvalue weighted by Gasteiger charge is -2.37. The molecule has 2 amide bonds. The summed E-state index contributed by atoms with van der Waals surface area (Å²) in [4.78, 5) is 27.1. The minimum absolute atomic E-state index is 0.0617. The lowest BCUT2D eigenvalue weighted by Crippen LogP contribution is -2.51. The van der Waals surface area contributed by atoms with Crippen LogP contribution in [0.3, 0.4) is 0 Å². The molecule has 3 atom stereocenters. The second-order valence-electron chi connectivity index (χ2n) is 5.93. The van der Waals surface area contributed by atoms with Crippen LogP contribution >= 0.6 is 0 Å². The third-order valence-corrected chi connectivity index (χ3v) is 4.92. The summed E-state index contributed by atoms with van der Waals surface area (Å²) in [6.07, 6.45) is 5.09. The Morgan fingerprint density at radius 3 is 2.22 bits per heavy atom. The number of rotatable bonds is 2. The lowest BCUT2D eigenvalue weighted by atomic mass is 9.97. The van der Waals surface area contributed by atoms with E-state index in [-0.39, 0.29) is 17.9 Å². The number of nitrogens with zero attached hydrogens (tertiary/aromatic N) is 2. The second kappa shape index (κ2) is 4.31. The average Bonchev–Trinajstić information content (AvgIpc) is 2.71. The standard InChI is InChI=1S/C13H21N3O2/c1-15-9-3-4-10(15)6-8(5-9)14-11-7-12(17)16(2)13(11)18/h8-11,14H,3-7H2,1-2H3. The summed E-state index contributed by atoms with van der Waals surface area (Å²) in [7, 11) is 3.78. The van der Waals surface area contributed by atoms with E-state index in [9.17, 15) is 9.59 Å². The number of hydrogen-bond donors (Lipinski definition) is 1. The summed E-state index contributed by atoms with van der Waals surface area (Å²) in [6.45, 7) is 0. The van der Waals surface area contributed by atoms with Crippen LogP contribution in [-0.4, -0.2) is 59.9 Å². The van der Waals surface area contributed by atoms with E-state index in [1.807, 2.05) is 0 Å². The maximum Gasteiger partial charge on any atom is 0.246 e. The number of hydrogen-bond acceptors (Lipinski definition) is 4. The number of likely N-dealkylation sites (N-methyl/N-ethyl adjacent to an activating group) is 1. The minimum Gasteiger partial charge on any atom is -0.303 e. The van der Waals surface area contributed by atoms with Gasteiger partial charge in [-0.2, -0.15) is 0 Å². The summed E-state index contributed by atoms with van der Waals surface area (Å²) in [5.74, 6) is -0.125. The molecule has 3 saturated heterocycles. The molecule has 0 radical (unpaired) electrons. The summed E-state index contributed by atoms with van der Waals surface area (Å²) in [5.41, 5.74) is 0. The molecule has 3 heterocycles. The zero-order valence-electron chi connectivity index (χ0n) is 11.1. The third-order valence-electron chi connectivity index (χ3n) is 4.92. The summed E-state index contributed by atoms with van der Waals surface area (Å²) < 4.78 is 0. The van der Waals surface area contributed by atoms with E-state index in [1.165, 1.54) is 17.7 Å². The van der Waals surface area contributed by atoms with Crippen molar-refractivity contribution in [1.82, 2.24) is 15.1 Å². The Kier molecular flexibility index (Phi) is 2.90. The van der Waals surface area contributed by atoms with Gasteiger partial charge in [0.1, 0.15) is 0 Å². The molecule has 0 spiro atoms. The van der Waals surface area contributed by atoms with Crippen LogP contribution in [0.25, 0.3) is 0 Å². The highest BCUT2D eigenvalue weighted by molar-refractivity contribution is 6.05. The van der Waals surface area contributed by atoms with Crippen LogP contribution in [0.2, 0.25) is 0 Å². The molecule has 3 aliphatic heterocycles. The molecule has 100 valence electrons. The molecule has 1 N–H and O–H groups in total. The van der Waals surface area contributed by atoms with E-state index in [0.29, 0.717) is 24.5 Å². The van der Waals surface area contributed by atoms with Gasteiger partial charge in [-0.05, 0) is 32.7 Å². The SMILES string of the molecule is CN1C(=O)CC(NC2CC3CCC(C2)N3C)C1=O. The molecule has 0 aliphatic carbocycles. The van der Waals surface area contributed by atoms with Crippen molar-refractivity contribution in [3.63, 3.8) is 0 Å². The molecule has 5 nitrogen and oxygen atoms in total. The first kappa shape index (κ1) is 12.1. The minimum atomic E-state index is -0.282. The van der Waals surface area contributed by atoms with E-state index < -0.39 is 0 Å². The molecule has 0 aromatic carbocycles. The van der Waals surface area contributed by atoms with Crippen molar-refractivity contribution in [3.8, 4) is 0 Å². The van der Waals surface area contributed by atoms with E-state index in [0.717, 1.165) is 12.8 Å². The van der Waals surface area contributed by atoms with E-state index in [1.54, 1.807) is 7.05 Å². The van der Waals surface area contributed by atoms with Gasteiger partial charge in [-0.25, -0.2) is 0 Å². The normalized spacial score (nSPS) is 40.9. The highest BCUT2D eigenvalue weighted by atomic mass is 16.2. The largest absolute Gasteiger partial charge is 0.303 e. The fourth-order valence-corrected chi connectivity index (χ4v) is 3.72. The summed E-state index contributed by atoms with van der Waals surface area (Å²) >= 11 is 0. The van der Waals surface area contributed by atoms with Crippen molar-refractivity contribution in [3.05, 3.63) is 0 Å². The number of amides is 2. The van der Waals surface area contributed by atoms with E-state index in [4.69, 9.17) is 0 Å². The Morgan fingerprint density at radius 1 is 1.11 bits per heavy atom. The molecule has 0 aromatic rings. The third kappa shape index (κ3) is 1.86. The molecule has 5 heteroatoms. The quantitative estimate of drug-likeness (QED) is 0.700. The monoisotopic (exact) mass is 251 g/mol. The van der Waals surface area contributed by atoms with Gasteiger partial charge >= 0.3 is 0 Å². The Labute approximate surface area is 107 Å².